The first-order valence-corrected chi connectivity index (χ1v) is 5.51. The zero-order chi connectivity index (χ0) is 10.3. The van der Waals surface area contributed by atoms with Gasteiger partial charge < -0.3 is 5.73 Å². The molecule has 2 aromatic rings. The number of rotatable bonds is 2. The molecule has 3 rings (SSSR count). The van der Waals surface area contributed by atoms with Crippen molar-refractivity contribution in [3.8, 4) is 0 Å². The molecule has 1 aromatic carbocycles. The summed E-state index contributed by atoms with van der Waals surface area (Å²) in [5.41, 5.74) is 6.71. The van der Waals surface area contributed by atoms with Gasteiger partial charge in [-0.25, -0.2) is 0 Å². The van der Waals surface area contributed by atoms with Crippen LogP contribution in [0.2, 0.25) is 0 Å². The number of fused-ring (bicyclic) bond motifs is 1. The van der Waals surface area contributed by atoms with Gasteiger partial charge in [0.05, 0.1) is 11.6 Å². The van der Waals surface area contributed by atoms with E-state index in [1.54, 1.807) is 0 Å². The Morgan fingerprint density at radius 3 is 2.87 bits per heavy atom. The predicted molar refractivity (Wildman–Crippen MR) is 60.5 cm³/mol. The smallest absolute Gasteiger partial charge is 0.0923 e. The van der Waals surface area contributed by atoms with E-state index >= 15 is 0 Å². The van der Waals surface area contributed by atoms with Crippen LogP contribution in [0.25, 0.3) is 10.9 Å². The third kappa shape index (κ3) is 1.43. The van der Waals surface area contributed by atoms with Crippen LogP contribution in [-0.2, 0) is 0 Å². The Bertz CT molecular complexity index is 435. The van der Waals surface area contributed by atoms with Crippen LogP contribution >= 0.6 is 0 Å². The van der Waals surface area contributed by atoms with E-state index in [2.05, 4.69) is 34.2 Å². The number of nitrogens with zero attached hydrogens (tertiary/aromatic N) is 2. The molecule has 0 bridgehead atoms. The lowest BCUT2D eigenvalue weighted by atomic mass is 9.80. The highest BCUT2D eigenvalue weighted by molar-refractivity contribution is 5.77. The number of nitrogens with two attached hydrogens (primary N) is 1. The molecule has 1 fully saturated rings. The van der Waals surface area contributed by atoms with Crippen molar-refractivity contribution in [3.63, 3.8) is 0 Å². The number of benzene rings is 1. The zero-order valence-electron chi connectivity index (χ0n) is 8.63. The van der Waals surface area contributed by atoms with Crippen LogP contribution in [-0.4, -0.2) is 16.3 Å². The summed E-state index contributed by atoms with van der Waals surface area (Å²) in [5, 5.41) is 5.81. The van der Waals surface area contributed by atoms with Crippen LogP contribution < -0.4 is 5.73 Å². The van der Waals surface area contributed by atoms with Gasteiger partial charge in [0.15, 0.2) is 0 Å². The average Bonchev–Trinajstić information content (AvgIpc) is 2.59. The SMILES string of the molecule is NCC1CC(n2cc3ccccc3n2)C1. The fraction of sp³-hybridized carbons (Fsp3) is 0.417. The molecule has 1 heterocycles. The molecular weight excluding hydrogens is 186 g/mol. The molecular formula is C12H15N3. The molecule has 1 aliphatic carbocycles. The Hall–Kier alpha value is -1.35. The standard InChI is InChI=1S/C12H15N3/c13-7-9-5-11(6-9)15-8-10-3-1-2-4-12(10)14-15/h1-4,8-9,11H,5-7,13H2. The summed E-state index contributed by atoms with van der Waals surface area (Å²) in [6, 6.07) is 8.83. The quantitative estimate of drug-likeness (QED) is 0.807. The summed E-state index contributed by atoms with van der Waals surface area (Å²) in [6.07, 6.45) is 4.52. The Morgan fingerprint density at radius 2 is 2.13 bits per heavy atom. The van der Waals surface area contributed by atoms with Crippen molar-refractivity contribution in [3.05, 3.63) is 30.5 Å². The molecule has 0 aliphatic heterocycles. The Labute approximate surface area is 88.9 Å². The normalized spacial score (nSPS) is 25.4. The van der Waals surface area contributed by atoms with Gasteiger partial charge >= 0.3 is 0 Å². The van der Waals surface area contributed by atoms with Gasteiger partial charge in [0.1, 0.15) is 0 Å². The number of hydrogen-bond donors (Lipinski definition) is 1. The maximum absolute atomic E-state index is 5.62. The molecule has 78 valence electrons. The van der Waals surface area contributed by atoms with Crippen LogP contribution in [0.3, 0.4) is 0 Å². The molecule has 0 atom stereocenters. The van der Waals surface area contributed by atoms with Crippen molar-refractivity contribution in [2.75, 3.05) is 6.54 Å². The van der Waals surface area contributed by atoms with Crippen molar-refractivity contribution in [2.45, 2.75) is 18.9 Å². The summed E-state index contributed by atoms with van der Waals surface area (Å²) in [4.78, 5) is 0. The molecule has 1 saturated carbocycles. The third-order valence-electron chi connectivity index (χ3n) is 3.35. The molecule has 3 nitrogen and oxygen atoms in total. The van der Waals surface area contributed by atoms with E-state index in [4.69, 9.17) is 5.73 Å². The van der Waals surface area contributed by atoms with Gasteiger partial charge in [0.2, 0.25) is 0 Å². The van der Waals surface area contributed by atoms with Crippen molar-refractivity contribution in [1.82, 2.24) is 9.78 Å². The van der Waals surface area contributed by atoms with Gasteiger partial charge in [0, 0.05) is 11.6 Å². The van der Waals surface area contributed by atoms with E-state index in [0.29, 0.717) is 12.0 Å². The van der Waals surface area contributed by atoms with Gasteiger partial charge in [-0.1, -0.05) is 18.2 Å². The summed E-state index contributed by atoms with van der Waals surface area (Å²) >= 11 is 0. The number of hydrogen-bond acceptors (Lipinski definition) is 2. The molecule has 0 spiro atoms. The van der Waals surface area contributed by atoms with Gasteiger partial charge in [0.25, 0.3) is 0 Å². The first-order chi connectivity index (χ1) is 7.36. The lowest BCUT2D eigenvalue weighted by Crippen LogP contribution is -2.32. The zero-order valence-corrected chi connectivity index (χ0v) is 8.63. The minimum atomic E-state index is 0.575. The molecule has 0 amide bonds. The van der Waals surface area contributed by atoms with Crippen molar-refractivity contribution in [1.29, 1.82) is 0 Å². The van der Waals surface area contributed by atoms with Crippen molar-refractivity contribution in [2.24, 2.45) is 11.7 Å². The minimum absolute atomic E-state index is 0.575. The molecule has 0 radical (unpaired) electrons. The molecule has 2 N–H and O–H groups in total. The molecule has 0 unspecified atom stereocenters. The molecule has 1 aliphatic rings. The highest BCUT2D eigenvalue weighted by Gasteiger charge is 2.29. The topological polar surface area (TPSA) is 43.8 Å². The first-order valence-electron chi connectivity index (χ1n) is 5.51. The van der Waals surface area contributed by atoms with Crippen LogP contribution in [0.5, 0.6) is 0 Å². The number of aromatic nitrogens is 2. The monoisotopic (exact) mass is 201 g/mol. The molecule has 15 heavy (non-hydrogen) atoms. The van der Waals surface area contributed by atoms with Gasteiger partial charge in [-0.3, -0.25) is 4.68 Å². The Kier molecular flexibility index (Phi) is 1.99. The van der Waals surface area contributed by atoms with E-state index in [-0.39, 0.29) is 0 Å². The van der Waals surface area contributed by atoms with E-state index in [1.807, 2.05) is 6.07 Å². The van der Waals surface area contributed by atoms with Crippen LogP contribution in [0, 0.1) is 5.92 Å². The fourth-order valence-corrected chi connectivity index (χ4v) is 2.28. The summed E-state index contributed by atoms with van der Waals surface area (Å²) in [5.74, 6) is 0.710. The van der Waals surface area contributed by atoms with Crippen LogP contribution in [0.1, 0.15) is 18.9 Å². The second kappa shape index (κ2) is 3.35. The van der Waals surface area contributed by atoms with E-state index in [0.717, 1.165) is 12.1 Å². The van der Waals surface area contributed by atoms with Crippen LogP contribution in [0.15, 0.2) is 30.5 Å². The van der Waals surface area contributed by atoms with E-state index in [1.165, 1.54) is 18.2 Å². The maximum Gasteiger partial charge on any atom is 0.0923 e. The molecule has 1 aromatic heterocycles. The van der Waals surface area contributed by atoms with E-state index in [9.17, 15) is 0 Å². The Morgan fingerprint density at radius 1 is 1.33 bits per heavy atom. The molecule has 0 saturated heterocycles. The fourth-order valence-electron chi connectivity index (χ4n) is 2.28. The summed E-state index contributed by atoms with van der Waals surface area (Å²) in [6.45, 7) is 0.817. The van der Waals surface area contributed by atoms with Gasteiger partial charge in [-0.05, 0) is 31.4 Å². The highest BCUT2D eigenvalue weighted by Crippen LogP contribution is 2.37. The average molecular weight is 201 g/mol. The largest absolute Gasteiger partial charge is 0.330 e. The second-order valence-corrected chi connectivity index (χ2v) is 4.39. The van der Waals surface area contributed by atoms with Gasteiger partial charge in [-0.2, -0.15) is 5.10 Å². The minimum Gasteiger partial charge on any atom is -0.330 e. The Balaban J connectivity index is 1.87. The maximum atomic E-state index is 5.62. The lowest BCUT2D eigenvalue weighted by molar-refractivity contribution is 0.191. The van der Waals surface area contributed by atoms with E-state index < -0.39 is 0 Å². The lowest BCUT2D eigenvalue weighted by Gasteiger charge is -2.34. The second-order valence-electron chi connectivity index (χ2n) is 4.39. The highest BCUT2D eigenvalue weighted by atomic mass is 15.3. The first kappa shape index (κ1) is 8.92. The van der Waals surface area contributed by atoms with Crippen LogP contribution in [0.4, 0.5) is 0 Å². The predicted octanol–water partition coefficient (Wildman–Crippen LogP) is 1.95. The van der Waals surface area contributed by atoms with Crippen molar-refractivity contribution >= 4 is 10.9 Å². The van der Waals surface area contributed by atoms with Gasteiger partial charge in [-0.15, -0.1) is 0 Å². The summed E-state index contributed by atoms with van der Waals surface area (Å²) < 4.78 is 2.11. The third-order valence-corrected chi connectivity index (χ3v) is 3.35. The molecule has 3 heteroatoms. The van der Waals surface area contributed by atoms with Crippen molar-refractivity contribution < 1.29 is 0 Å². The summed E-state index contributed by atoms with van der Waals surface area (Å²) in [7, 11) is 0.